The lowest BCUT2D eigenvalue weighted by Gasteiger charge is -2.15. The van der Waals surface area contributed by atoms with Gasteiger partial charge in [0.2, 0.25) is 6.54 Å². The molecule has 0 saturated carbocycles. The molecule has 0 aromatic carbocycles. The highest BCUT2D eigenvalue weighted by Gasteiger charge is 2.13. The summed E-state index contributed by atoms with van der Waals surface area (Å²) in [6.45, 7) is 8.35. The lowest BCUT2D eigenvalue weighted by atomic mass is 10.4. The average Bonchev–Trinajstić information content (AvgIpc) is 2.58. The molecule has 3 nitrogen and oxygen atoms in total. The van der Waals surface area contributed by atoms with Gasteiger partial charge in [0.15, 0.2) is 0 Å². The fourth-order valence-corrected chi connectivity index (χ4v) is 2.43. The number of fused-ring (bicyclic) bond motifs is 1. The Balaban J connectivity index is 2.18. The van der Waals surface area contributed by atoms with Crippen LogP contribution in [0.25, 0.3) is 4.85 Å². The van der Waals surface area contributed by atoms with Crippen molar-refractivity contribution in [2.24, 2.45) is 0 Å². The smallest absolute Gasteiger partial charge is 0.221 e. The summed E-state index contributed by atoms with van der Waals surface area (Å²) >= 11 is 1.95. The number of rotatable bonds is 2. The van der Waals surface area contributed by atoms with Crippen LogP contribution in [0, 0.1) is 6.57 Å². The Labute approximate surface area is 82.0 Å². The molecule has 0 saturated heterocycles. The maximum absolute atomic E-state index is 6.73. The van der Waals surface area contributed by atoms with Crippen molar-refractivity contribution >= 4 is 11.8 Å². The van der Waals surface area contributed by atoms with E-state index in [0.29, 0.717) is 6.54 Å². The normalized spacial score (nSPS) is 15.0. The minimum Gasteiger partial charge on any atom is -0.330 e. The zero-order valence-corrected chi connectivity index (χ0v) is 8.18. The third kappa shape index (κ3) is 1.70. The van der Waals surface area contributed by atoms with Gasteiger partial charge >= 0.3 is 0 Å². The lowest BCUT2D eigenvalue weighted by Crippen LogP contribution is -2.13. The van der Waals surface area contributed by atoms with Crippen LogP contribution in [0.1, 0.15) is 11.5 Å². The van der Waals surface area contributed by atoms with Crippen molar-refractivity contribution in [3.63, 3.8) is 0 Å². The summed E-state index contributed by atoms with van der Waals surface area (Å²) in [5.41, 5.74) is 1.32. The van der Waals surface area contributed by atoms with Gasteiger partial charge < -0.3 is 9.41 Å². The van der Waals surface area contributed by atoms with Crippen LogP contribution in [-0.4, -0.2) is 21.8 Å². The molecule has 0 amide bonds. The Morgan fingerprint density at radius 3 is 3.46 bits per heavy atom. The van der Waals surface area contributed by atoms with Crippen LogP contribution in [0.15, 0.2) is 6.20 Å². The van der Waals surface area contributed by atoms with E-state index in [0.717, 1.165) is 24.5 Å². The Morgan fingerprint density at radius 1 is 1.69 bits per heavy atom. The number of imidazole rings is 1. The molecule has 1 aliphatic heterocycles. The number of hydrogen-bond donors (Lipinski definition) is 0. The highest BCUT2D eigenvalue weighted by atomic mass is 32.2. The van der Waals surface area contributed by atoms with E-state index in [1.165, 1.54) is 11.4 Å². The van der Waals surface area contributed by atoms with E-state index in [2.05, 4.69) is 14.4 Å². The maximum Gasteiger partial charge on any atom is 0.221 e. The molecule has 1 aromatic heterocycles. The van der Waals surface area contributed by atoms with Gasteiger partial charge in [-0.2, -0.15) is 11.8 Å². The van der Waals surface area contributed by atoms with Gasteiger partial charge in [0, 0.05) is 29.9 Å². The molecule has 0 unspecified atom stereocenters. The van der Waals surface area contributed by atoms with Crippen molar-refractivity contribution in [1.82, 2.24) is 9.55 Å². The van der Waals surface area contributed by atoms with Gasteiger partial charge in [0.1, 0.15) is 5.82 Å². The molecule has 1 aliphatic rings. The molecule has 0 spiro atoms. The van der Waals surface area contributed by atoms with Crippen LogP contribution in [-0.2, 0) is 18.7 Å². The molecule has 0 bridgehead atoms. The van der Waals surface area contributed by atoms with E-state index in [1.54, 1.807) is 0 Å². The van der Waals surface area contributed by atoms with Crippen LogP contribution in [0.5, 0.6) is 0 Å². The Bertz CT molecular complexity index is 337. The standard InChI is InChI=1S/C9H11N3S/c1-10-3-2-9-11-6-8-7-13-5-4-12(8)9/h6H,2-5,7H2. The zero-order chi connectivity index (χ0) is 9.10. The fourth-order valence-electron chi connectivity index (χ4n) is 1.53. The second-order valence-electron chi connectivity index (χ2n) is 3.00. The third-order valence-electron chi connectivity index (χ3n) is 2.18. The first-order valence-corrected chi connectivity index (χ1v) is 5.51. The highest BCUT2D eigenvalue weighted by molar-refractivity contribution is 7.98. The fraction of sp³-hybridized carbons (Fsp3) is 0.556. The number of thioether (sulfide) groups is 1. The van der Waals surface area contributed by atoms with E-state index in [1.807, 2.05) is 18.0 Å². The van der Waals surface area contributed by atoms with Crippen LogP contribution in [0.4, 0.5) is 0 Å². The second-order valence-corrected chi connectivity index (χ2v) is 4.11. The molecule has 13 heavy (non-hydrogen) atoms. The first-order valence-electron chi connectivity index (χ1n) is 4.36. The Kier molecular flexibility index (Phi) is 2.55. The SMILES string of the molecule is [C-]#[N+]CCc1ncc2n1CCSC2. The molecular formula is C9H11N3S. The summed E-state index contributed by atoms with van der Waals surface area (Å²) < 4.78 is 2.27. The summed E-state index contributed by atoms with van der Waals surface area (Å²) in [5.74, 6) is 3.34. The maximum atomic E-state index is 6.73. The molecule has 4 heteroatoms. The first kappa shape index (κ1) is 8.64. The van der Waals surface area contributed by atoms with Gasteiger partial charge in [-0.15, -0.1) is 0 Å². The minimum absolute atomic E-state index is 0.559. The predicted octanol–water partition coefficient (Wildman–Crippen LogP) is 1.59. The molecular weight excluding hydrogens is 182 g/mol. The summed E-state index contributed by atoms with van der Waals surface area (Å²) in [6.07, 6.45) is 2.75. The van der Waals surface area contributed by atoms with E-state index in [4.69, 9.17) is 6.57 Å². The molecule has 1 aromatic rings. The zero-order valence-electron chi connectivity index (χ0n) is 7.36. The van der Waals surface area contributed by atoms with E-state index in [-0.39, 0.29) is 0 Å². The summed E-state index contributed by atoms with van der Waals surface area (Å²) in [5, 5.41) is 0. The van der Waals surface area contributed by atoms with Crippen LogP contribution < -0.4 is 0 Å². The van der Waals surface area contributed by atoms with Crippen molar-refractivity contribution in [3.05, 3.63) is 29.1 Å². The predicted molar refractivity (Wildman–Crippen MR) is 53.6 cm³/mol. The molecule has 0 radical (unpaired) electrons. The van der Waals surface area contributed by atoms with Crippen molar-refractivity contribution < 1.29 is 0 Å². The van der Waals surface area contributed by atoms with Crippen LogP contribution in [0.3, 0.4) is 0 Å². The number of hydrogen-bond acceptors (Lipinski definition) is 2. The Hall–Kier alpha value is -0.950. The van der Waals surface area contributed by atoms with Gasteiger partial charge in [0.05, 0.1) is 6.42 Å². The van der Waals surface area contributed by atoms with Gasteiger partial charge in [-0.25, -0.2) is 11.6 Å². The summed E-state index contributed by atoms with van der Waals surface area (Å²) in [6, 6.07) is 0. The van der Waals surface area contributed by atoms with Crippen molar-refractivity contribution in [3.8, 4) is 0 Å². The molecule has 2 rings (SSSR count). The monoisotopic (exact) mass is 193 g/mol. The first-order chi connectivity index (χ1) is 6.42. The van der Waals surface area contributed by atoms with Crippen LogP contribution in [0.2, 0.25) is 0 Å². The Morgan fingerprint density at radius 2 is 2.62 bits per heavy atom. The van der Waals surface area contributed by atoms with Gasteiger partial charge in [-0.05, 0) is 0 Å². The van der Waals surface area contributed by atoms with Crippen molar-refractivity contribution in [1.29, 1.82) is 0 Å². The topological polar surface area (TPSA) is 22.2 Å². The second kappa shape index (κ2) is 3.84. The summed E-state index contributed by atoms with van der Waals surface area (Å²) in [4.78, 5) is 7.69. The number of aromatic nitrogens is 2. The molecule has 68 valence electrons. The van der Waals surface area contributed by atoms with Gasteiger partial charge in [-0.1, -0.05) is 0 Å². The molecule has 0 atom stereocenters. The molecule has 0 fully saturated rings. The van der Waals surface area contributed by atoms with E-state index >= 15 is 0 Å². The highest BCUT2D eigenvalue weighted by Crippen LogP contribution is 2.20. The van der Waals surface area contributed by atoms with E-state index < -0.39 is 0 Å². The number of nitrogens with zero attached hydrogens (tertiary/aromatic N) is 3. The summed E-state index contributed by atoms with van der Waals surface area (Å²) in [7, 11) is 0. The third-order valence-corrected chi connectivity index (χ3v) is 3.15. The molecule has 2 heterocycles. The quantitative estimate of drug-likeness (QED) is 0.665. The lowest BCUT2D eigenvalue weighted by molar-refractivity contribution is 0.677. The van der Waals surface area contributed by atoms with Gasteiger partial charge in [0.25, 0.3) is 0 Å². The van der Waals surface area contributed by atoms with Crippen LogP contribution >= 0.6 is 11.8 Å². The van der Waals surface area contributed by atoms with Crippen molar-refractivity contribution in [2.45, 2.75) is 18.7 Å². The molecule has 0 N–H and O–H groups in total. The van der Waals surface area contributed by atoms with Crippen molar-refractivity contribution in [2.75, 3.05) is 12.3 Å². The average molecular weight is 193 g/mol. The van der Waals surface area contributed by atoms with Gasteiger partial charge in [-0.3, -0.25) is 0 Å². The largest absolute Gasteiger partial charge is 0.330 e. The minimum atomic E-state index is 0.559. The molecule has 0 aliphatic carbocycles. The van der Waals surface area contributed by atoms with E-state index in [9.17, 15) is 0 Å².